The molecule has 7 unspecified atom stereocenters. The van der Waals surface area contributed by atoms with E-state index in [0.29, 0.717) is 6.42 Å². The first-order valence-electron chi connectivity index (χ1n) is 39.1. The Bertz CT molecular complexity index is 1830. The van der Waals surface area contributed by atoms with Gasteiger partial charge in [0.1, 0.15) is 24.4 Å². The van der Waals surface area contributed by atoms with E-state index in [9.17, 15) is 30.3 Å². The predicted molar refractivity (Wildman–Crippen MR) is 396 cm³/mol. The predicted octanol–water partition coefficient (Wildman–Crippen LogP) is 22.4. The maximum Gasteiger partial charge on any atom is 0.220 e. The molecule has 9 nitrogen and oxygen atoms in total. The van der Waals surface area contributed by atoms with Crippen molar-refractivity contribution in [1.82, 2.24) is 5.32 Å². The third kappa shape index (κ3) is 58.2. The number of hydrogen-bond acceptors (Lipinski definition) is 8. The number of amides is 1. The molecule has 9 heteroatoms. The molecule has 1 fully saturated rings. The van der Waals surface area contributed by atoms with Gasteiger partial charge < -0.3 is 40.3 Å². The van der Waals surface area contributed by atoms with Crippen LogP contribution < -0.4 is 5.32 Å². The summed E-state index contributed by atoms with van der Waals surface area (Å²) in [6, 6.07) is -0.815. The summed E-state index contributed by atoms with van der Waals surface area (Å²) in [4.78, 5) is 13.2. The maximum absolute atomic E-state index is 13.2. The Morgan fingerprint density at radius 3 is 1.00 bits per heavy atom. The Labute approximate surface area is 567 Å². The van der Waals surface area contributed by atoms with Crippen LogP contribution in [0.3, 0.4) is 0 Å². The highest BCUT2D eigenvalue weighted by atomic mass is 16.7. The Morgan fingerprint density at radius 2 is 0.674 bits per heavy atom. The molecule has 1 aliphatic heterocycles. The second-order valence-electron chi connectivity index (χ2n) is 26.8. The van der Waals surface area contributed by atoms with Gasteiger partial charge in [0.25, 0.3) is 0 Å². The number of aliphatic hydroxyl groups excluding tert-OH is 5. The second-order valence-corrected chi connectivity index (χ2v) is 26.8. The summed E-state index contributed by atoms with van der Waals surface area (Å²) in [5, 5.41) is 54.9. The number of rotatable bonds is 68. The van der Waals surface area contributed by atoms with Crippen LogP contribution in [0.5, 0.6) is 0 Å². The zero-order valence-corrected chi connectivity index (χ0v) is 59.8. The van der Waals surface area contributed by atoms with Crippen molar-refractivity contribution in [3.05, 3.63) is 109 Å². The van der Waals surface area contributed by atoms with Gasteiger partial charge in [0, 0.05) is 6.42 Å². The van der Waals surface area contributed by atoms with Crippen molar-refractivity contribution in [3.63, 3.8) is 0 Å². The van der Waals surface area contributed by atoms with Gasteiger partial charge in [0.15, 0.2) is 6.29 Å². The van der Waals surface area contributed by atoms with E-state index in [1.54, 1.807) is 6.08 Å². The molecule has 0 spiro atoms. The van der Waals surface area contributed by atoms with Gasteiger partial charge in [-0.1, -0.05) is 374 Å². The van der Waals surface area contributed by atoms with Gasteiger partial charge in [0.2, 0.25) is 5.91 Å². The summed E-state index contributed by atoms with van der Waals surface area (Å²) in [6.45, 7) is 3.70. The molecule has 6 N–H and O–H groups in total. The van der Waals surface area contributed by atoms with E-state index in [4.69, 9.17) is 9.47 Å². The van der Waals surface area contributed by atoms with Crippen molar-refractivity contribution in [2.24, 2.45) is 0 Å². The standard InChI is InChI=1S/C83H147NO8/c1-3-5-7-9-11-13-15-17-19-21-23-25-27-29-31-33-35-37-38-39-40-41-43-45-47-49-51-53-55-57-59-61-63-65-67-69-71-73-79(87)84-76(75-91-83-82(90)81(89)80(88)78(74-85)92-83)77(86)72-70-68-66-64-62-60-58-56-54-52-50-48-46-44-42-36-34-32-30-28-26-24-22-20-18-16-14-12-10-8-6-4-2/h5,7,11,13,17,19,23,25,29,31,35,37,39-40,43,45,70,72,76-78,80-83,85-86,88-90H,3-4,6,8-10,12,14-16,18,20-22,24,26-28,30,32-34,36,38,41-42,44,46-69,71,73-75H2,1-2H3,(H,84,87)/b7-5-,13-11-,19-17-,25-23-,31-29-,37-35-,40-39-,45-43-,72-70+. The number of nitrogens with one attached hydrogen (secondary N) is 1. The summed E-state index contributed by atoms with van der Waals surface area (Å²) in [5.41, 5.74) is 0. The fourth-order valence-corrected chi connectivity index (χ4v) is 12.1. The van der Waals surface area contributed by atoms with E-state index < -0.39 is 49.5 Å². The Hall–Kier alpha value is -3.15. The SMILES string of the molecule is CC/C=C\C/C=C\C/C=C\C/C=C\C/C=C\C/C=C\C/C=C\C/C=C\CCCCCCCCCCCCCCC(=O)NC(COC1OC(CO)C(O)C(O)C1O)C(O)/C=C/CCCCCCCCCCCCCCCCCCCCCCCCCCCCCCCC. The summed E-state index contributed by atoms with van der Waals surface area (Å²) in [5.74, 6) is -0.178. The van der Waals surface area contributed by atoms with Crippen molar-refractivity contribution in [3.8, 4) is 0 Å². The van der Waals surface area contributed by atoms with Gasteiger partial charge in [-0.15, -0.1) is 0 Å². The van der Waals surface area contributed by atoms with Crippen LogP contribution in [-0.4, -0.2) is 87.5 Å². The minimum atomic E-state index is -1.57. The number of carbonyl (C=O) groups is 1. The van der Waals surface area contributed by atoms with Crippen LogP contribution in [0.25, 0.3) is 0 Å². The highest BCUT2D eigenvalue weighted by Crippen LogP contribution is 2.24. The van der Waals surface area contributed by atoms with Crippen LogP contribution in [0, 0.1) is 0 Å². The lowest BCUT2D eigenvalue weighted by atomic mass is 9.99. The average Bonchev–Trinajstić information content (AvgIpc) is 1.00. The quantitative estimate of drug-likeness (QED) is 0.0261. The molecule has 1 rings (SSSR count). The number of ether oxygens (including phenoxy) is 2. The molecule has 0 aliphatic carbocycles. The summed E-state index contributed by atoms with van der Waals surface area (Å²) >= 11 is 0. The van der Waals surface area contributed by atoms with Crippen LogP contribution in [0.4, 0.5) is 0 Å². The molecule has 0 bridgehead atoms. The number of carbonyl (C=O) groups excluding carboxylic acids is 1. The van der Waals surface area contributed by atoms with E-state index in [2.05, 4.69) is 116 Å². The summed E-state index contributed by atoms with van der Waals surface area (Å²) in [7, 11) is 0. The van der Waals surface area contributed by atoms with Crippen molar-refractivity contribution < 1.29 is 39.8 Å². The molecule has 1 aliphatic rings. The lowest BCUT2D eigenvalue weighted by Crippen LogP contribution is -2.60. The molecule has 532 valence electrons. The molecular formula is C83H147NO8. The van der Waals surface area contributed by atoms with Crippen LogP contribution in [0.1, 0.15) is 354 Å². The molecule has 0 saturated carbocycles. The van der Waals surface area contributed by atoms with Crippen LogP contribution in [0.15, 0.2) is 109 Å². The molecule has 0 aromatic heterocycles. The molecule has 0 aromatic rings. The van der Waals surface area contributed by atoms with Crippen LogP contribution in [0.2, 0.25) is 0 Å². The number of allylic oxidation sites excluding steroid dienone is 17. The minimum absolute atomic E-state index is 0.178. The smallest absolute Gasteiger partial charge is 0.220 e. The lowest BCUT2D eigenvalue weighted by Gasteiger charge is -2.40. The highest BCUT2D eigenvalue weighted by Gasteiger charge is 2.44. The van der Waals surface area contributed by atoms with Gasteiger partial charge >= 0.3 is 0 Å². The van der Waals surface area contributed by atoms with Gasteiger partial charge in [-0.3, -0.25) is 4.79 Å². The molecule has 1 saturated heterocycles. The van der Waals surface area contributed by atoms with Crippen LogP contribution >= 0.6 is 0 Å². The molecule has 7 atom stereocenters. The van der Waals surface area contributed by atoms with Crippen molar-refractivity contribution >= 4 is 5.91 Å². The first-order chi connectivity index (χ1) is 45.3. The van der Waals surface area contributed by atoms with Gasteiger partial charge in [-0.25, -0.2) is 0 Å². The zero-order valence-electron chi connectivity index (χ0n) is 59.8. The van der Waals surface area contributed by atoms with Crippen LogP contribution in [-0.2, 0) is 14.3 Å². The van der Waals surface area contributed by atoms with E-state index in [1.165, 1.54) is 244 Å². The number of unbranched alkanes of at least 4 members (excludes halogenated alkanes) is 42. The van der Waals surface area contributed by atoms with Crippen molar-refractivity contribution in [1.29, 1.82) is 0 Å². The van der Waals surface area contributed by atoms with Crippen molar-refractivity contribution in [2.45, 2.75) is 397 Å². The van der Waals surface area contributed by atoms with E-state index in [0.717, 1.165) is 89.9 Å². The molecule has 0 radical (unpaired) electrons. The maximum atomic E-state index is 13.2. The fraction of sp³-hybridized carbons (Fsp3) is 0.771. The van der Waals surface area contributed by atoms with Gasteiger partial charge in [0.05, 0.1) is 25.4 Å². The fourth-order valence-electron chi connectivity index (χ4n) is 12.1. The molecule has 1 amide bonds. The Balaban J connectivity index is 2.11. The summed E-state index contributed by atoms with van der Waals surface area (Å²) < 4.78 is 11.3. The second kappa shape index (κ2) is 70.6. The van der Waals surface area contributed by atoms with E-state index in [-0.39, 0.29) is 12.5 Å². The molecule has 0 aromatic carbocycles. The summed E-state index contributed by atoms with van der Waals surface area (Å²) in [6.07, 6.45) is 97.9. The molecule has 92 heavy (non-hydrogen) atoms. The third-order valence-corrected chi connectivity index (χ3v) is 18.1. The first-order valence-corrected chi connectivity index (χ1v) is 39.1. The van der Waals surface area contributed by atoms with Gasteiger partial charge in [-0.2, -0.15) is 0 Å². The Kier molecular flexibility index (Phi) is 66.7. The minimum Gasteiger partial charge on any atom is -0.394 e. The number of aliphatic hydroxyl groups is 5. The first kappa shape index (κ1) is 86.9. The topological polar surface area (TPSA) is 149 Å². The third-order valence-electron chi connectivity index (χ3n) is 18.1. The zero-order chi connectivity index (χ0) is 66.4. The van der Waals surface area contributed by atoms with Gasteiger partial charge in [-0.05, 0) is 83.5 Å². The number of hydrogen-bond donors (Lipinski definition) is 6. The molecular weight excluding hydrogens is 1140 g/mol. The molecule has 1 heterocycles. The lowest BCUT2D eigenvalue weighted by molar-refractivity contribution is -0.302. The monoisotopic (exact) mass is 1290 g/mol. The van der Waals surface area contributed by atoms with E-state index >= 15 is 0 Å². The van der Waals surface area contributed by atoms with Crippen molar-refractivity contribution in [2.75, 3.05) is 13.2 Å². The highest BCUT2D eigenvalue weighted by molar-refractivity contribution is 5.76. The van der Waals surface area contributed by atoms with E-state index in [1.807, 2.05) is 6.08 Å². The normalized spacial score (nSPS) is 18.3. The average molecular weight is 1290 g/mol. The largest absolute Gasteiger partial charge is 0.394 e. The Morgan fingerprint density at radius 1 is 0.380 bits per heavy atom.